The number of carbonyl (C=O) groups is 2. The van der Waals surface area contributed by atoms with Gasteiger partial charge in [0.15, 0.2) is 6.61 Å². The Hall–Kier alpha value is -1.68. The highest BCUT2D eigenvalue weighted by Gasteiger charge is 2.44. The van der Waals surface area contributed by atoms with Gasteiger partial charge in [-0.1, -0.05) is 25.4 Å². The molecule has 10 heteroatoms. The number of amides is 1. The van der Waals surface area contributed by atoms with Gasteiger partial charge in [0.25, 0.3) is 5.91 Å². The van der Waals surface area contributed by atoms with Gasteiger partial charge in [0.05, 0.1) is 11.0 Å². The molecule has 1 aromatic carbocycles. The van der Waals surface area contributed by atoms with E-state index in [9.17, 15) is 23.1 Å². The van der Waals surface area contributed by atoms with E-state index in [1.807, 2.05) is 13.8 Å². The number of nitrogens with one attached hydrogen (secondary N) is 1. The lowest BCUT2D eigenvalue weighted by Gasteiger charge is -2.22. The molecule has 27 heavy (non-hydrogen) atoms. The minimum Gasteiger partial charge on any atom is -0.454 e. The summed E-state index contributed by atoms with van der Waals surface area (Å²) < 4.78 is 31.5. The molecule has 0 bridgehead atoms. The van der Waals surface area contributed by atoms with Crippen LogP contribution in [0, 0.1) is 5.92 Å². The van der Waals surface area contributed by atoms with Crippen LogP contribution in [0.15, 0.2) is 29.2 Å². The number of nitrogens with zero attached hydrogens (tertiary/aromatic N) is 1. The first-order chi connectivity index (χ1) is 12.6. The molecule has 2 N–H and O–H groups in total. The Morgan fingerprint density at radius 1 is 1.33 bits per heavy atom. The maximum atomic E-state index is 12.8. The van der Waals surface area contributed by atoms with Crippen LogP contribution in [0.1, 0.15) is 20.3 Å². The van der Waals surface area contributed by atoms with E-state index < -0.39 is 40.7 Å². The first kappa shape index (κ1) is 21.6. The largest absolute Gasteiger partial charge is 0.454 e. The number of esters is 1. The van der Waals surface area contributed by atoms with Crippen LogP contribution in [0.5, 0.6) is 0 Å². The highest BCUT2D eigenvalue weighted by molar-refractivity contribution is 7.89. The van der Waals surface area contributed by atoms with Gasteiger partial charge >= 0.3 is 5.97 Å². The third-order valence-corrected chi connectivity index (χ3v) is 6.12. The molecule has 2 atom stereocenters. The fraction of sp³-hybridized carbons (Fsp3) is 0.529. The van der Waals surface area contributed by atoms with Crippen LogP contribution in [0.2, 0.25) is 5.02 Å². The molecule has 0 radical (unpaired) electrons. The molecule has 0 aliphatic carbocycles. The van der Waals surface area contributed by atoms with Crippen molar-refractivity contribution < 1.29 is 27.9 Å². The van der Waals surface area contributed by atoms with Gasteiger partial charge in [-0.15, -0.1) is 0 Å². The zero-order valence-corrected chi connectivity index (χ0v) is 16.7. The summed E-state index contributed by atoms with van der Waals surface area (Å²) in [5.41, 5.74) is 0. The van der Waals surface area contributed by atoms with Crippen LogP contribution in [0.25, 0.3) is 0 Å². The summed E-state index contributed by atoms with van der Waals surface area (Å²) >= 11 is 5.78. The van der Waals surface area contributed by atoms with Gasteiger partial charge in [-0.05, 0) is 30.2 Å². The van der Waals surface area contributed by atoms with Crippen molar-refractivity contribution in [3.63, 3.8) is 0 Å². The van der Waals surface area contributed by atoms with Gasteiger partial charge in [0.2, 0.25) is 10.0 Å². The Morgan fingerprint density at radius 2 is 1.96 bits per heavy atom. The highest BCUT2D eigenvalue weighted by Crippen LogP contribution is 2.27. The number of benzene rings is 1. The van der Waals surface area contributed by atoms with Crippen molar-refractivity contribution in [2.24, 2.45) is 5.92 Å². The number of ether oxygens (including phenoxy) is 1. The van der Waals surface area contributed by atoms with Gasteiger partial charge in [-0.3, -0.25) is 9.59 Å². The first-order valence-electron chi connectivity index (χ1n) is 8.50. The number of carbonyl (C=O) groups excluding carboxylic acids is 2. The average molecular weight is 419 g/mol. The van der Waals surface area contributed by atoms with Crippen LogP contribution in [0.3, 0.4) is 0 Å². The summed E-state index contributed by atoms with van der Waals surface area (Å²) in [6, 6.07) is 4.30. The fourth-order valence-corrected chi connectivity index (χ4v) is 4.36. The number of sulfonamides is 1. The van der Waals surface area contributed by atoms with Gasteiger partial charge in [0.1, 0.15) is 6.04 Å². The van der Waals surface area contributed by atoms with Crippen LogP contribution in [0.4, 0.5) is 0 Å². The number of aliphatic hydroxyl groups is 1. The molecule has 1 amide bonds. The number of rotatable bonds is 7. The van der Waals surface area contributed by atoms with Crippen LogP contribution < -0.4 is 5.32 Å². The van der Waals surface area contributed by atoms with Crippen molar-refractivity contribution in [1.82, 2.24) is 9.62 Å². The Labute approximate surface area is 163 Å². The SMILES string of the molecule is CC(C)CNC(=O)COC(=O)[C@@H]1C[C@H](O)CN1S(=O)(=O)c1ccc(Cl)cc1. The molecule has 0 aromatic heterocycles. The Bertz CT molecular complexity index is 781. The molecule has 8 nitrogen and oxygen atoms in total. The molecular formula is C17H23ClN2O6S. The molecule has 1 aromatic rings. The standard InChI is InChI=1S/C17H23ClN2O6S/c1-11(2)8-19-16(22)10-26-17(23)15-7-13(21)9-20(15)27(24,25)14-5-3-12(18)4-6-14/h3-6,11,13,15,21H,7-10H2,1-2H3,(H,19,22)/t13-,15-/m0/s1. The fourth-order valence-electron chi connectivity index (χ4n) is 2.61. The minimum absolute atomic E-state index is 0.0477. The Morgan fingerprint density at radius 3 is 2.56 bits per heavy atom. The molecule has 1 aliphatic heterocycles. The predicted octanol–water partition coefficient (Wildman–Crippen LogP) is 0.779. The third kappa shape index (κ3) is 5.65. The minimum atomic E-state index is -4.03. The second kappa shape index (κ2) is 9.01. The number of β-amino-alcohol motifs (C(OH)–C–C–N with tert-alkyl or cyclic N) is 1. The van der Waals surface area contributed by atoms with E-state index in [0.717, 1.165) is 4.31 Å². The molecule has 1 saturated heterocycles. The zero-order chi connectivity index (χ0) is 20.2. The highest BCUT2D eigenvalue weighted by atomic mass is 35.5. The van der Waals surface area contributed by atoms with Gasteiger partial charge in [-0.25, -0.2) is 8.42 Å². The number of aliphatic hydroxyl groups excluding tert-OH is 1. The summed E-state index contributed by atoms with van der Waals surface area (Å²) in [6.07, 6.45) is -1.10. The van der Waals surface area contributed by atoms with Crippen molar-refractivity contribution in [3.05, 3.63) is 29.3 Å². The van der Waals surface area contributed by atoms with E-state index in [-0.39, 0.29) is 23.8 Å². The van der Waals surface area contributed by atoms with Crippen LogP contribution in [-0.2, 0) is 24.3 Å². The smallest absolute Gasteiger partial charge is 0.325 e. The molecule has 0 saturated carbocycles. The number of hydrogen-bond acceptors (Lipinski definition) is 6. The summed E-state index contributed by atoms with van der Waals surface area (Å²) in [6.45, 7) is 3.55. The third-order valence-electron chi connectivity index (χ3n) is 3.98. The van der Waals surface area contributed by atoms with Crippen molar-refractivity contribution >= 4 is 33.5 Å². The van der Waals surface area contributed by atoms with Crippen molar-refractivity contribution in [1.29, 1.82) is 0 Å². The predicted molar refractivity (Wildman–Crippen MR) is 98.6 cm³/mol. The van der Waals surface area contributed by atoms with E-state index in [1.54, 1.807) is 0 Å². The van der Waals surface area contributed by atoms with Crippen molar-refractivity contribution in [3.8, 4) is 0 Å². The molecule has 1 fully saturated rings. The zero-order valence-electron chi connectivity index (χ0n) is 15.1. The Balaban J connectivity index is 2.07. The normalized spacial score (nSPS) is 20.6. The van der Waals surface area contributed by atoms with E-state index in [4.69, 9.17) is 16.3 Å². The summed E-state index contributed by atoms with van der Waals surface area (Å²) in [5.74, 6) is -1.10. The molecule has 0 unspecified atom stereocenters. The van der Waals surface area contributed by atoms with E-state index in [2.05, 4.69) is 5.32 Å². The lowest BCUT2D eigenvalue weighted by atomic mass is 10.2. The van der Waals surface area contributed by atoms with E-state index >= 15 is 0 Å². The molecule has 1 heterocycles. The maximum Gasteiger partial charge on any atom is 0.325 e. The summed E-state index contributed by atoms with van der Waals surface area (Å²) in [7, 11) is -4.03. The first-order valence-corrected chi connectivity index (χ1v) is 10.3. The number of hydrogen-bond donors (Lipinski definition) is 2. The number of halogens is 1. The topological polar surface area (TPSA) is 113 Å². The molecule has 1 aliphatic rings. The van der Waals surface area contributed by atoms with Gasteiger partial charge in [0, 0.05) is 24.5 Å². The lowest BCUT2D eigenvalue weighted by Crippen LogP contribution is -2.42. The average Bonchev–Trinajstić information content (AvgIpc) is 3.01. The summed E-state index contributed by atoms with van der Waals surface area (Å²) in [5, 5.41) is 12.9. The molecular weight excluding hydrogens is 396 g/mol. The van der Waals surface area contributed by atoms with Crippen molar-refractivity contribution in [2.75, 3.05) is 19.7 Å². The van der Waals surface area contributed by atoms with E-state index in [0.29, 0.717) is 11.6 Å². The van der Waals surface area contributed by atoms with Crippen LogP contribution >= 0.6 is 11.6 Å². The second-order valence-corrected chi connectivity index (χ2v) is 9.07. The summed E-state index contributed by atoms with van der Waals surface area (Å²) in [4.78, 5) is 24.0. The maximum absolute atomic E-state index is 12.8. The molecule has 2 rings (SSSR count). The van der Waals surface area contributed by atoms with Gasteiger partial charge < -0.3 is 15.2 Å². The molecule has 150 valence electrons. The lowest BCUT2D eigenvalue weighted by molar-refractivity contribution is -0.151. The van der Waals surface area contributed by atoms with Crippen molar-refractivity contribution in [2.45, 2.75) is 37.3 Å². The quantitative estimate of drug-likeness (QED) is 0.632. The second-order valence-electron chi connectivity index (χ2n) is 6.74. The van der Waals surface area contributed by atoms with Crippen LogP contribution in [-0.4, -0.2) is 61.5 Å². The Kier molecular flexibility index (Phi) is 7.21. The molecule has 0 spiro atoms. The van der Waals surface area contributed by atoms with E-state index in [1.165, 1.54) is 24.3 Å². The van der Waals surface area contributed by atoms with Gasteiger partial charge in [-0.2, -0.15) is 4.31 Å². The monoisotopic (exact) mass is 418 g/mol.